The first-order valence-electron chi connectivity index (χ1n) is 5.55. The van der Waals surface area contributed by atoms with Crippen molar-refractivity contribution in [2.75, 3.05) is 0 Å². The van der Waals surface area contributed by atoms with E-state index in [0.29, 0.717) is 11.7 Å². The van der Waals surface area contributed by atoms with Crippen LogP contribution in [0.5, 0.6) is 0 Å². The number of hydrogen-bond acceptors (Lipinski definition) is 2. The molecule has 1 fully saturated rings. The quantitative estimate of drug-likeness (QED) is 0.733. The Morgan fingerprint density at radius 1 is 1.36 bits per heavy atom. The average molecular weight is 216 g/mol. The Morgan fingerprint density at radius 3 is 2.43 bits per heavy atom. The van der Waals surface area contributed by atoms with Crippen molar-refractivity contribution in [2.24, 2.45) is 0 Å². The maximum atomic E-state index is 10.5. The van der Waals surface area contributed by atoms with Gasteiger partial charge in [0.2, 0.25) is 0 Å². The molecule has 1 N–H and O–H groups in total. The van der Waals surface area contributed by atoms with Gasteiger partial charge in [0.05, 0.1) is 6.42 Å². The molecule has 1 rings (SSSR count). The average Bonchev–Trinajstić information content (AvgIpc) is 2.31. The zero-order valence-electron chi connectivity index (χ0n) is 8.87. The van der Waals surface area contributed by atoms with E-state index in [1.807, 2.05) is 18.7 Å². The molecule has 1 unspecified atom stereocenters. The van der Waals surface area contributed by atoms with Crippen molar-refractivity contribution in [3.8, 4) is 0 Å². The van der Waals surface area contributed by atoms with E-state index in [1.54, 1.807) is 0 Å². The molecule has 1 aliphatic carbocycles. The predicted molar refractivity (Wildman–Crippen MR) is 60.8 cm³/mol. The molecule has 0 radical (unpaired) electrons. The van der Waals surface area contributed by atoms with Crippen molar-refractivity contribution in [3.05, 3.63) is 0 Å². The molecular weight excluding hydrogens is 196 g/mol. The van der Waals surface area contributed by atoms with E-state index < -0.39 is 5.97 Å². The minimum absolute atomic E-state index is 0.274. The lowest BCUT2D eigenvalue weighted by Crippen LogP contribution is -2.11. The summed E-state index contributed by atoms with van der Waals surface area (Å²) in [7, 11) is 0. The second kappa shape index (κ2) is 6.33. The van der Waals surface area contributed by atoms with Gasteiger partial charge in [0.25, 0.3) is 0 Å². The van der Waals surface area contributed by atoms with Gasteiger partial charge in [0, 0.05) is 10.5 Å². The molecule has 0 heterocycles. The number of carboxylic acids is 1. The summed E-state index contributed by atoms with van der Waals surface area (Å²) in [6.07, 6.45) is 8.27. The first-order chi connectivity index (χ1) is 6.68. The van der Waals surface area contributed by atoms with Gasteiger partial charge in [-0.05, 0) is 12.8 Å². The lowest BCUT2D eigenvalue weighted by Gasteiger charge is -2.17. The van der Waals surface area contributed by atoms with Gasteiger partial charge in [-0.25, -0.2) is 0 Å². The number of thioether (sulfide) groups is 1. The van der Waals surface area contributed by atoms with Crippen LogP contribution in [-0.4, -0.2) is 21.6 Å². The van der Waals surface area contributed by atoms with Crippen LogP contribution in [0.4, 0.5) is 0 Å². The molecule has 0 aliphatic heterocycles. The Labute approximate surface area is 90.5 Å². The van der Waals surface area contributed by atoms with E-state index >= 15 is 0 Å². The zero-order valence-corrected chi connectivity index (χ0v) is 9.68. The van der Waals surface area contributed by atoms with Gasteiger partial charge in [-0.15, -0.1) is 0 Å². The third-order valence-electron chi connectivity index (χ3n) is 2.69. The van der Waals surface area contributed by atoms with Gasteiger partial charge in [0.1, 0.15) is 0 Å². The van der Waals surface area contributed by atoms with Crippen LogP contribution in [0.3, 0.4) is 0 Å². The third-order valence-corrected chi connectivity index (χ3v) is 4.18. The molecule has 0 saturated heterocycles. The molecule has 0 aromatic carbocycles. The van der Waals surface area contributed by atoms with Crippen LogP contribution in [0.25, 0.3) is 0 Å². The molecule has 0 aromatic rings. The van der Waals surface area contributed by atoms with Crippen molar-refractivity contribution in [3.63, 3.8) is 0 Å². The summed E-state index contributed by atoms with van der Waals surface area (Å²) in [5.41, 5.74) is 0. The van der Waals surface area contributed by atoms with Crippen LogP contribution >= 0.6 is 11.8 Å². The summed E-state index contributed by atoms with van der Waals surface area (Å²) in [6.45, 7) is 2.03. The van der Waals surface area contributed by atoms with E-state index in [1.165, 1.54) is 38.5 Å². The van der Waals surface area contributed by atoms with Crippen LogP contribution < -0.4 is 0 Å². The lowest BCUT2D eigenvalue weighted by molar-refractivity contribution is -0.136. The Hall–Kier alpha value is -0.180. The second-order valence-electron chi connectivity index (χ2n) is 4.16. The van der Waals surface area contributed by atoms with Gasteiger partial charge in [-0.1, -0.05) is 32.6 Å². The predicted octanol–water partition coefficient (Wildman–Crippen LogP) is 3.31. The molecule has 0 aromatic heterocycles. The molecule has 2 nitrogen and oxygen atoms in total. The van der Waals surface area contributed by atoms with E-state index in [2.05, 4.69) is 0 Å². The summed E-state index contributed by atoms with van der Waals surface area (Å²) >= 11 is 1.88. The maximum absolute atomic E-state index is 10.5. The van der Waals surface area contributed by atoms with Gasteiger partial charge >= 0.3 is 5.97 Å². The number of carbonyl (C=O) groups is 1. The fourth-order valence-electron chi connectivity index (χ4n) is 2.00. The topological polar surface area (TPSA) is 37.3 Å². The molecule has 0 bridgehead atoms. The highest BCUT2D eigenvalue weighted by atomic mass is 32.2. The largest absolute Gasteiger partial charge is 0.481 e. The normalized spacial score (nSPS) is 21.5. The van der Waals surface area contributed by atoms with Crippen LogP contribution in [-0.2, 0) is 4.79 Å². The highest BCUT2D eigenvalue weighted by Gasteiger charge is 2.17. The Morgan fingerprint density at radius 2 is 1.93 bits per heavy atom. The lowest BCUT2D eigenvalue weighted by atomic mass is 10.2. The van der Waals surface area contributed by atoms with Gasteiger partial charge in [0.15, 0.2) is 0 Å². The highest BCUT2D eigenvalue weighted by Crippen LogP contribution is 2.31. The van der Waals surface area contributed by atoms with Crippen molar-refractivity contribution < 1.29 is 9.90 Å². The first kappa shape index (κ1) is 11.9. The summed E-state index contributed by atoms with van der Waals surface area (Å²) in [4.78, 5) is 10.5. The highest BCUT2D eigenvalue weighted by molar-refractivity contribution is 8.00. The number of carboxylic acid groups (broad SMARTS) is 1. The van der Waals surface area contributed by atoms with Crippen LogP contribution in [0.2, 0.25) is 0 Å². The Balaban J connectivity index is 2.23. The monoisotopic (exact) mass is 216 g/mol. The number of aliphatic carboxylic acids is 1. The fourth-order valence-corrected chi connectivity index (χ4v) is 3.50. The molecular formula is C11H20O2S. The zero-order chi connectivity index (χ0) is 10.4. The van der Waals surface area contributed by atoms with E-state index in [4.69, 9.17) is 5.11 Å². The first-order valence-corrected chi connectivity index (χ1v) is 6.50. The number of hydrogen-bond donors (Lipinski definition) is 1. The minimum atomic E-state index is -0.668. The minimum Gasteiger partial charge on any atom is -0.481 e. The Bertz CT molecular complexity index is 174. The van der Waals surface area contributed by atoms with E-state index in [0.717, 1.165) is 0 Å². The SMILES string of the molecule is CC(CC(=O)O)SC1CCCCCC1. The molecule has 82 valence electrons. The molecule has 1 aliphatic rings. The van der Waals surface area contributed by atoms with Gasteiger partial charge in [-0.2, -0.15) is 11.8 Å². The van der Waals surface area contributed by atoms with Crippen molar-refractivity contribution >= 4 is 17.7 Å². The summed E-state index contributed by atoms with van der Waals surface area (Å²) in [6, 6.07) is 0. The summed E-state index contributed by atoms with van der Waals surface area (Å²) in [5.74, 6) is -0.668. The van der Waals surface area contributed by atoms with Crippen molar-refractivity contribution in [1.82, 2.24) is 0 Å². The van der Waals surface area contributed by atoms with Crippen molar-refractivity contribution in [1.29, 1.82) is 0 Å². The van der Waals surface area contributed by atoms with Gasteiger partial charge in [-0.3, -0.25) is 4.79 Å². The fraction of sp³-hybridized carbons (Fsp3) is 0.909. The maximum Gasteiger partial charge on any atom is 0.304 e. The Kier molecular flexibility index (Phi) is 5.38. The third kappa shape index (κ3) is 4.89. The molecule has 0 spiro atoms. The van der Waals surface area contributed by atoms with E-state index in [9.17, 15) is 4.79 Å². The van der Waals surface area contributed by atoms with Crippen LogP contribution in [0.1, 0.15) is 51.9 Å². The molecule has 14 heavy (non-hydrogen) atoms. The van der Waals surface area contributed by atoms with E-state index in [-0.39, 0.29) is 5.25 Å². The number of rotatable bonds is 4. The standard InChI is InChI=1S/C11H20O2S/c1-9(8-11(12)13)14-10-6-4-2-3-5-7-10/h9-10H,2-8H2,1H3,(H,12,13). The molecule has 1 atom stereocenters. The summed E-state index contributed by atoms with van der Waals surface area (Å²) in [5, 5.41) is 9.64. The van der Waals surface area contributed by atoms with Crippen LogP contribution in [0, 0.1) is 0 Å². The van der Waals surface area contributed by atoms with Gasteiger partial charge < -0.3 is 5.11 Å². The van der Waals surface area contributed by atoms with Crippen molar-refractivity contribution in [2.45, 2.75) is 62.4 Å². The summed E-state index contributed by atoms with van der Waals surface area (Å²) < 4.78 is 0. The smallest absolute Gasteiger partial charge is 0.304 e. The molecule has 3 heteroatoms. The molecule has 1 saturated carbocycles. The second-order valence-corrected chi connectivity index (χ2v) is 5.90. The molecule has 0 amide bonds. The van der Waals surface area contributed by atoms with Crippen LogP contribution in [0.15, 0.2) is 0 Å².